The van der Waals surface area contributed by atoms with Gasteiger partial charge >= 0.3 is 11.9 Å². The number of nitrogens with zero attached hydrogens (tertiary/aromatic N) is 1. The summed E-state index contributed by atoms with van der Waals surface area (Å²) in [5.41, 5.74) is 0.974. The third-order valence-corrected chi connectivity index (χ3v) is 3.48. The summed E-state index contributed by atoms with van der Waals surface area (Å²) in [5.74, 6) is -0.443. The molecule has 0 fully saturated rings. The monoisotopic (exact) mass is 327 g/mol. The second kappa shape index (κ2) is 10.1. The Morgan fingerprint density at radius 2 is 1.59 bits per heavy atom. The molecule has 122 valence electrons. The van der Waals surface area contributed by atoms with Crippen molar-refractivity contribution in [1.29, 1.82) is 0 Å². The van der Waals surface area contributed by atoms with Crippen molar-refractivity contribution >= 4 is 29.2 Å². The predicted octanol–water partition coefficient (Wildman–Crippen LogP) is 3.05. The maximum absolute atomic E-state index is 11.2. The van der Waals surface area contributed by atoms with Crippen molar-refractivity contribution in [2.24, 2.45) is 0 Å². The number of hydrogen-bond donors (Lipinski definition) is 0. The predicted molar refractivity (Wildman–Crippen MR) is 86.2 cm³/mol. The number of rotatable bonds is 9. The molecule has 0 aliphatic heterocycles. The molecule has 0 spiro atoms. The van der Waals surface area contributed by atoms with Crippen molar-refractivity contribution in [3.63, 3.8) is 0 Å². The van der Waals surface area contributed by atoms with Gasteiger partial charge in [0.1, 0.15) is 0 Å². The van der Waals surface area contributed by atoms with E-state index in [4.69, 9.17) is 11.6 Å². The summed E-state index contributed by atoms with van der Waals surface area (Å²) in [6.45, 7) is 1.38. The zero-order valence-corrected chi connectivity index (χ0v) is 13.8. The molecule has 0 aliphatic rings. The van der Waals surface area contributed by atoms with Crippen LogP contribution < -0.4 is 4.90 Å². The topological polar surface area (TPSA) is 55.8 Å². The fourth-order valence-electron chi connectivity index (χ4n) is 2.08. The zero-order valence-electron chi connectivity index (χ0n) is 13.0. The second-order valence-corrected chi connectivity index (χ2v) is 5.26. The van der Waals surface area contributed by atoms with Gasteiger partial charge in [-0.1, -0.05) is 17.7 Å². The van der Waals surface area contributed by atoms with Gasteiger partial charge in [0, 0.05) is 36.6 Å². The Labute approximate surface area is 136 Å². The summed E-state index contributed by atoms with van der Waals surface area (Å²) in [6.07, 6.45) is 2.09. The molecular weight excluding hydrogens is 306 g/mol. The Kier molecular flexibility index (Phi) is 8.36. The highest BCUT2D eigenvalue weighted by molar-refractivity contribution is 6.30. The lowest BCUT2D eigenvalue weighted by Crippen LogP contribution is -2.26. The molecule has 1 rings (SSSR count). The van der Waals surface area contributed by atoms with E-state index in [9.17, 15) is 9.59 Å². The van der Waals surface area contributed by atoms with Gasteiger partial charge in [-0.3, -0.25) is 9.59 Å². The van der Waals surface area contributed by atoms with Gasteiger partial charge in [-0.15, -0.1) is 0 Å². The van der Waals surface area contributed by atoms with Gasteiger partial charge in [-0.25, -0.2) is 0 Å². The molecular formula is C16H22ClNO4. The lowest BCUT2D eigenvalue weighted by atomic mass is 10.2. The van der Waals surface area contributed by atoms with E-state index in [-0.39, 0.29) is 11.9 Å². The zero-order chi connectivity index (χ0) is 16.4. The number of anilines is 1. The van der Waals surface area contributed by atoms with Crippen LogP contribution in [0.15, 0.2) is 24.3 Å². The van der Waals surface area contributed by atoms with Crippen molar-refractivity contribution < 1.29 is 19.1 Å². The number of methoxy groups -OCH3 is 2. The highest BCUT2D eigenvalue weighted by Gasteiger charge is 2.10. The summed E-state index contributed by atoms with van der Waals surface area (Å²) in [4.78, 5) is 24.5. The first-order valence-electron chi connectivity index (χ1n) is 7.21. The normalized spacial score (nSPS) is 10.1. The van der Waals surface area contributed by atoms with Crippen molar-refractivity contribution in [2.75, 3.05) is 32.2 Å². The maximum Gasteiger partial charge on any atom is 0.305 e. The first-order chi connectivity index (χ1) is 10.6. The lowest BCUT2D eigenvalue weighted by Gasteiger charge is -2.25. The fraction of sp³-hybridized carbons (Fsp3) is 0.500. The Bertz CT molecular complexity index is 471. The molecule has 0 bridgehead atoms. The molecule has 0 amide bonds. The summed E-state index contributed by atoms with van der Waals surface area (Å²) >= 11 is 6.03. The standard InChI is InChI=1S/C16H22ClNO4/c1-21-15(19)8-4-10-18(11-5-9-16(20)22-2)14-7-3-6-13(17)12-14/h3,6-7,12H,4-5,8-11H2,1-2H3. The largest absolute Gasteiger partial charge is 0.469 e. The molecule has 22 heavy (non-hydrogen) atoms. The smallest absolute Gasteiger partial charge is 0.305 e. The first-order valence-corrected chi connectivity index (χ1v) is 7.58. The van der Waals surface area contributed by atoms with E-state index in [0.29, 0.717) is 43.8 Å². The molecule has 0 unspecified atom stereocenters. The number of esters is 2. The Balaban J connectivity index is 2.60. The minimum Gasteiger partial charge on any atom is -0.469 e. The number of halogens is 1. The molecule has 0 N–H and O–H groups in total. The highest BCUT2D eigenvalue weighted by atomic mass is 35.5. The van der Waals surface area contributed by atoms with Crippen LogP contribution in [0.3, 0.4) is 0 Å². The second-order valence-electron chi connectivity index (χ2n) is 4.83. The Morgan fingerprint density at radius 3 is 2.05 bits per heavy atom. The molecule has 0 heterocycles. The summed E-state index contributed by atoms with van der Waals surface area (Å²) in [6, 6.07) is 7.53. The van der Waals surface area contributed by atoms with Gasteiger partial charge in [-0.05, 0) is 31.0 Å². The number of carbonyl (C=O) groups excluding carboxylic acids is 2. The molecule has 0 radical (unpaired) electrons. The lowest BCUT2D eigenvalue weighted by molar-refractivity contribution is -0.141. The van der Waals surface area contributed by atoms with Gasteiger partial charge in [0.25, 0.3) is 0 Å². The molecule has 1 aromatic carbocycles. The first kappa shape index (κ1) is 18.3. The van der Waals surface area contributed by atoms with Crippen LogP contribution in [0.25, 0.3) is 0 Å². The SMILES string of the molecule is COC(=O)CCCN(CCCC(=O)OC)c1cccc(Cl)c1. The van der Waals surface area contributed by atoms with Crippen molar-refractivity contribution in [3.05, 3.63) is 29.3 Å². The van der Waals surface area contributed by atoms with E-state index in [1.165, 1.54) is 14.2 Å². The van der Waals surface area contributed by atoms with E-state index in [0.717, 1.165) is 5.69 Å². The van der Waals surface area contributed by atoms with Crippen LogP contribution in [0.2, 0.25) is 5.02 Å². The van der Waals surface area contributed by atoms with Crippen molar-refractivity contribution in [1.82, 2.24) is 0 Å². The quantitative estimate of drug-likeness (QED) is 0.652. The van der Waals surface area contributed by atoms with Crippen molar-refractivity contribution in [3.8, 4) is 0 Å². The molecule has 1 aromatic rings. The third kappa shape index (κ3) is 6.80. The van der Waals surface area contributed by atoms with E-state index >= 15 is 0 Å². The summed E-state index contributed by atoms with van der Waals surface area (Å²) in [7, 11) is 2.76. The Hall–Kier alpha value is -1.75. The maximum atomic E-state index is 11.2. The van der Waals surface area contributed by atoms with Crippen LogP contribution in [0, 0.1) is 0 Å². The molecule has 5 nitrogen and oxygen atoms in total. The Morgan fingerprint density at radius 1 is 1.05 bits per heavy atom. The number of hydrogen-bond acceptors (Lipinski definition) is 5. The average molecular weight is 328 g/mol. The van der Waals surface area contributed by atoms with Crippen LogP contribution in [0.1, 0.15) is 25.7 Å². The summed E-state index contributed by atoms with van der Waals surface area (Å²) < 4.78 is 9.29. The minimum atomic E-state index is -0.222. The van der Waals surface area contributed by atoms with Gasteiger partial charge in [0.05, 0.1) is 14.2 Å². The minimum absolute atomic E-state index is 0.222. The van der Waals surface area contributed by atoms with Crippen LogP contribution in [0.4, 0.5) is 5.69 Å². The van der Waals surface area contributed by atoms with Crippen LogP contribution in [0.5, 0.6) is 0 Å². The van der Waals surface area contributed by atoms with Gasteiger partial charge < -0.3 is 14.4 Å². The van der Waals surface area contributed by atoms with E-state index in [1.807, 2.05) is 24.3 Å². The third-order valence-electron chi connectivity index (χ3n) is 3.25. The van der Waals surface area contributed by atoms with Gasteiger partial charge in [-0.2, -0.15) is 0 Å². The number of carbonyl (C=O) groups is 2. The van der Waals surface area contributed by atoms with Crippen LogP contribution in [-0.2, 0) is 19.1 Å². The average Bonchev–Trinajstić information content (AvgIpc) is 2.52. The number of benzene rings is 1. The van der Waals surface area contributed by atoms with E-state index in [1.54, 1.807) is 0 Å². The number of ether oxygens (including phenoxy) is 2. The molecule has 0 aliphatic carbocycles. The molecule has 0 saturated heterocycles. The van der Waals surface area contributed by atoms with Gasteiger partial charge in [0.2, 0.25) is 0 Å². The molecule has 0 saturated carbocycles. The molecule has 0 atom stereocenters. The van der Waals surface area contributed by atoms with Crippen LogP contribution in [-0.4, -0.2) is 39.2 Å². The van der Waals surface area contributed by atoms with Crippen LogP contribution >= 0.6 is 11.6 Å². The highest BCUT2D eigenvalue weighted by Crippen LogP contribution is 2.20. The van der Waals surface area contributed by atoms with E-state index in [2.05, 4.69) is 14.4 Å². The van der Waals surface area contributed by atoms with Gasteiger partial charge in [0.15, 0.2) is 0 Å². The molecule has 6 heteroatoms. The molecule has 0 aromatic heterocycles. The van der Waals surface area contributed by atoms with Crippen molar-refractivity contribution in [2.45, 2.75) is 25.7 Å². The fourth-order valence-corrected chi connectivity index (χ4v) is 2.26. The van der Waals surface area contributed by atoms with E-state index < -0.39 is 0 Å². The summed E-state index contributed by atoms with van der Waals surface area (Å²) in [5, 5.41) is 0.656.